The number of piperidine rings is 1. The average Bonchev–Trinajstić information content (AvgIpc) is 3.25. The second-order valence-electron chi connectivity index (χ2n) is 13.1. The maximum absolute atomic E-state index is 14.0. The standard InChI is InChI=1S/C35H47N5O6/c1-24-21-26(22-25(2)32(24)41)23-31(33(42)38-17-15-37(16-18-38)28-10-19-45-20-11-28)46-35(44)39-12-8-29(9-13-39)40-14-7-27-5-3-4-6-30(27)36-34(40)43/h3-6,21-22,28-29,31,41H,7-20,23H2,1-2H3,(H,36,43). The topological polar surface area (TPSA) is 115 Å². The van der Waals surface area contributed by atoms with Gasteiger partial charge in [-0.05, 0) is 74.3 Å². The highest BCUT2D eigenvalue weighted by Gasteiger charge is 2.36. The third-order valence-corrected chi connectivity index (χ3v) is 10.1. The lowest BCUT2D eigenvalue weighted by molar-refractivity contribution is -0.143. The van der Waals surface area contributed by atoms with Gasteiger partial charge < -0.3 is 34.6 Å². The highest BCUT2D eigenvalue weighted by atomic mass is 16.6. The Morgan fingerprint density at radius 1 is 0.913 bits per heavy atom. The average molecular weight is 634 g/mol. The van der Waals surface area contributed by atoms with Gasteiger partial charge in [-0.1, -0.05) is 30.3 Å². The van der Waals surface area contributed by atoms with Crippen LogP contribution in [0.2, 0.25) is 0 Å². The van der Waals surface area contributed by atoms with Crippen molar-refractivity contribution >= 4 is 23.7 Å². The van der Waals surface area contributed by atoms with E-state index in [4.69, 9.17) is 9.47 Å². The molecular weight excluding hydrogens is 586 g/mol. The van der Waals surface area contributed by atoms with Crippen molar-refractivity contribution in [2.24, 2.45) is 0 Å². The number of fused-ring (bicyclic) bond motifs is 1. The van der Waals surface area contributed by atoms with E-state index in [0.29, 0.717) is 51.6 Å². The van der Waals surface area contributed by atoms with Crippen molar-refractivity contribution in [2.45, 2.75) is 70.6 Å². The number of carbonyl (C=O) groups excluding carboxylic acids is 3. The number of aryl methyl sites for hydroxylation is 2. The normalized spacial score (nSPS) is 20.9. The zero-order valence-electron chi connectivity index (χ0n) is 27.1. The first-order valence-electron chi connectivity index (χ1n) is 16.8. The lowest BCUT2D eigenvalue weighted by Crippen LogP contribution is -2.56. The van der Waals surface area contributed by atoms with Crippen LogP contribution in [0.25, 0.3) is 0 Å². The molecular formula is C35H47N5O6. The van der Waals surface area contributed by atoms with Crippen LogP contribution in [0.5, 0.6) is 5.75 Å². The first kappa shape index (κ1) is 32.1. The van der Waals surface area contributed by atoms with Crippen LogP contribution in [0.15, 0.2) is 36.4 Å². The van der Waals surface area contributed by atoms with Gasteiger partial charge in [-0.15, -0.1) is 0 Å². The minimum absolute atomic E-state index is 0.0192. The van der Waals surface area contributed by atoms with Crippen LogP contribution in [0.3, 0.4) is 0 Å². The number of likely N-dealkylation sites (tertiary alicyclic amines) is 1. The van der Waals surface area contributed by atoms with Crippen LogP contribution in [0.1, 0.15) is 47.9 Å². The highest BCUT2D eigenvalue weighted by molar-refractivity contribution is 5.91. The number of piperazine rings is 1. The molecule has 248 valence electrons. The highest BCUT2D eigenvalue weighted by Crippen LogP contribution is 2.27. The number of nitrogens with zero attached hydrogens (tertiary/aromatic N) is 4. The first-order valence-corrected chi connectivity index (χ1v) is 16.8. The number of ether oxygens (including phenoxy) is 2. The molecule has 0 bridgehead atoms. The summed E-state index contributed by atoms with van der Waals surface area (Å²) in [6.07, 6.45) is 2.85. The Morgan fingerprint density at radius 3 is 2.28 bits per heavy atom. The van der Waals surface area contributed by atoms with Crippen LogP contribution >= 0.6 is 0 Å². The number of urea groups is 1. The van der Waals surface area contributed by atoms with E-state index in [1.165, 1.54) is 0 Å². The first-order chi connectivity index (χ1) is 22.3. The Balaban J connectivity index is 1.09. The van der Waals surface area contributed by atoms with Crippen LogP contribution in [-0.2, 0) is 27.1 Å². The minimum atomic E-state index is -0.974. The van der Waals surface area contributed by atoms with E-state index in [9.17, 15) is 19.5 Å². The molecule has 1 atom stereocenters. The molecule has 11 heteroatoms. The van der Waals surface area contributed by atoms with Crippen molar-refractivity contribution in [1.82, 2.24) is 19.6 Å². The number of rotatable bonds is 6. The molecule has 2 aromatic rings. The van der Waals surface area contributed by atoms with Gasteiger partial charge >= 0.3 is 12.1 Å². The van der Waals surface area contributed by atoms with E-state index in [1.54, 1.807) is 4.90 Å². The fourth-order valence-electron chi connectivity index (χ4n) is 7.41. The van der Waals surface area contributed by atoms with Crippen molar-refractivity contribution in [3.8, 4) is 5.75 Å². The number of benzene rings is 2. The molecule has 4 aliphatic rings. The molecule has 0 radical (unpaired) electrons. The molecule has 46 heavy (non-hydrogen) atoms. The smallest absolute Gasteiger partial charge is 0.410 e. The van der Waals surface area contributed by atoms with E-state index < -0.39 is 12.2 Å². The lowest BCUT2D eigenvalue weighted by Gasteiger charge is -2.41. The van der Waals surface area contributed by atoms with Gasteiger partial charge in [-0.3, -0.25) is 9.69 Å². The zero-order valence-corrected chi connectivity index (χ0v) is 27.1. The molecule has 3 fully saturated rings. The summed E-state index contributed by atoms with van der Waals surface area (Å²) in [7, 11) is 0. The summed E-state index contributed by atoms with van der Waals surface area (Å²) in [6, 6.07) is 12.0. The molecule has 11 nitrogen and oxygen atoms in total. The van der Waals surface area contributed by atoms with Crippen molar-refractivity contribution in [2.75, 3.05) is 64.3 Å². The molecule has 1 unspecified atom stereocenters. The number of nitrogens with one attached hydrogen (secondary N) is 1. The monoisotopic (exact) mass is 633 g/mol. The van der Waals surface area contributed by atoms with Gasteiger partial charge in [0.25, 0.3) is 5.91 Å². The fraction of sp³-hybridized carbons (Fsp3) is 0.571. The van der Waals surface area contributed by atoms with E-state index in [2.05, 4.69) is 10.2 Å². The summed E-state index contributed by atoms with van der Waals surface area (Å²) >= 11 is 0. The van der Waals surface area contributed by atoms with Gasteiger partial charge in [0.2, 0.25) is 0 Å². The van der Waals surface area contributed by atoms with Crippen LogP contribution in [-0.4, -0.2) is 120 Å². The molecule has 0 aliphatic carbocycles. The van der Waals surface area contributed by atoms with Gasteiger partial charge in [0.05, 0.1) is 0 Å². The number of hydrogen-bond donors (Lipinski definition) is 2. The zero-order chi connectivity index (χ0) is 32.2. The molecule has 4 heterocycles. The lowest BCUT2D eigenvalue weighted by atomic mass is 10.00. The van der Waals surface area contributed by atoms with Gasteiger partial charge in [-0.2, -0.15) is 0 Å². The second-order valence-corrected chi connectivity index (χ2v) is 13.1. The Hall–Kier alpha value is -3.83. The number of amides is 4. The molecule has 2 N–H and O–H groups in total. The molecule has 4 aliphatic heterocycles. The van der Waals surface area contributed by atoms with Gasteiger partial charge in [0.15, 0.2) is 6.10 Å². The Morgan fingerprint density at radius 2 is 1.59 bits per heavy atom. The predicted octanol–water partition coefficient (Wildman–Crippen LogP) is 3.93. The van der Waals surface area contributed by atoms with Gasteiger partial charge in [-0.25, -0.2) is 9.59 Å². The third kappa shape index (κ3) is 7.25. The van der Waals surface area contributed by atoms with E-state index in [0.717, 1.165) is 73.5 Å². The minimum Gasteiger partial charge on any atom is -0.507 e. The Kier molecular flexibility index (Phi) is 9.98. The molecule has 0 saturated carbocycles. The summed E-state index contributed by atoms with van der Waals surface area (Å²) in [5, 5.41) is 13.4. The molecule has 4 amide bonds. The summed E-state index contributed by atoms with van der Waals surface area (Å²) in [5.41, 5.74) is 4.27. The maximum atomic E-state index is 14.0. The summed E-state index contributed by atoms with van der Waals surface area (Å²) in [6.45, 7) is 9.50. The predicted molar refractivity (Wildman–Crippen MR) is 174 cm³/mol. The van der Waals surface area contributed by atoms with E-state index in [1.807, 2.05) is 60.0 Å². The number of carbonyl (C=O) groups is 3. The quantitative estimate of drug-likeness (QED) is 0.496. The molecule has 2 aromatic carbocycles. The van der Waals surface area contributed by atoms with Gasteiger partial charge in [0.1, 0.15) is 5.75 Å². The van der Waals surface area contributed by atoms with Crippen LogP contribution in [0.4, 0.5) is 15.3 Å². The largest absolute Gasteiger partial charge is 0.507 e. The molecule has 3 saturated heterocycles. The number of para-hydroxylation sites is 1. The Labute approximate surface area is 271 Å². The number of phenolic OH excluding ortho intramolecular Hbond substituents is 1. The third-order valence-electron chi connectivity index (χ3n) is 10.1. The van der Waals surface area contributed by atoms with Crippen molar-refractivity contribution < 1.29 is 29.0 Å². The number of phenols is 1. The summed E-state index contributed by atoms with van der Waals surface area (Å²) in [5.74, 6) is 0.0525. The second kappa shape index (κ2) is 14.3. The maximum Gasteiger partial charge on any atom is 0.410 e. The van der Waals surface area contributed by atoms with Crippen LogP contribution in [0, 0.1) is 13.8 Å². The summed E-state index contributed by atoms with van der Waals surface area (Å²) in [4.78, 5) is 48.4. The number of aromatic hydroxyl groups is 1. The van der Waals surface area contributed by atoms with Crippen molar-refractivity contribution in [3.63, 3.8) is 0 Å². The van der Waals surface area contributed by atoms with Crippen molar-refractivity contribution in [3.05, 3.63) is 58.7 Å². The number of anilines is 1. The Bertz CT molecular complexity index is 1390. The SMILES string of the molecule is Cc1cc(CC(OC(=O)N2CCC(N3CCc4ccccc4NC3=O)CC2)C(=O)N2CCN(C3CCOCC3)CC2)cc(C)c1O. The molecule has 0 spiro atoms. The van der Waals surface area contributed by atoms with E-state index >= 15 is 0 Å². The van der Waals surface area contributed by atoms with Gasteiger partial charge in [0, 0.05) is 83.2 Å². The summed E-state index contributed by atoms with van der Waals surface area (Å²) < 4.78 is 11.6. The van der Waals surface area contributed by atoms with E-state index in [-0.39, 0.29) is 30.2 Å². The molecule has 6 rings (SSSR count). The van der Waals surface area contributed by atoms with Crippen LogP contribution < -0.4 is 5.32 Å². The number of hydrogen-bond acceptors (Lipinski definition) is 7. The molecule has 0 aromatic heterocycles. The fourth-order valence-corrected chi connectivity index (χ4v) is 7.41. The van der Waals surface area contributed by atoms with Crippen molar-refractivity contribution in [1.29, 1.82) is 0 Å².